The summed E-state index contributed by atoms with van der Waals surface area (Å²) >= 11 is 0. The molecule has 10 aromatic rings. The monoisotopic (exact) mass is 1310 g/mol. The minimum absolute atomic E-state index is 0. The minimum Gasteiger partial charge on any atom is -0.507 e. The fourth-order valence-corrected chi connectivity index (χ4v) is 8.97. The molecule has 0 aliphatic heterocycles. The number of phenols is 4. The molecule has 0 bridgehead atoms. The maximum atomic E-state index is 10.7. The van der Waals surface area contributed by atoms with Crippen molar-refractivity contribution >= 4 is 55.6 Å². The molecule has 10 rings (SSSR count). The second-order valence-corrected chi connectivity index (χ2v) is 24.2. The number of carboxylic acids is 2. The summed E-state index contributed by atoms with van der Waals surface area (Å²) in [5.41, 5.74) is 13.0. The van der Waals surface area contributed by atoms with E-state index >= 15 is 0 Å². The van der Waals surface area contributed by atoms with Gasteiger partial charge in [0.25, 0.3) is 11.9 Å². The average molecular weight is 1320 g/mol. The van der Waals surface area contributed by atoms with Crippen molar-refractivity contribution in [3.8, 4) is 68.0 Å². The Bertz CT molecular complexity index is 3490. The number of carboxylic acid groups (broad SMARTS) is 2. The molecule has 4 heterocycles. The van der Waals surface area contributed by atoms with E-state index in [9.17, 15) is 20.4 Å². The number of fused-ring (bicyclic) bond motifs is 6. The summed E-state index contributed by atoms with van der Waals surface area (Å²) in [4.78, 5) is 37.9. The molecule has 0 saturated carbocycles. The Morgan fingerprint density at radius 1 is 0.303 bits per heavy atom. The van der Waals surface area contributed by atoms with Gasteiger partial charge in [-0.05, 0) is 117 Å². The number of hydrogen-bond donors (Lipinski definition) is 6. The first-order chi connectivity index (χ1) is 37.3. The van der Waals surface area contributed by atoms with Crippen LogP contribution in [0.2, 0.25) is 0 Å². The van der Waals surface area contributed by atoms with Crippen molar-refractivity contribution in [3.05, 3.63) is 168 Å². The number of pyridine rings is 4. The van der Waals surface area contributed by atoms with Crippen LogP contribution in [0.1, 0.15) is 127 Å². The van der Waals surface area contributed by atoms with Gasteiger partial charge in [0, 0.05) is 91.2 Å². The maximum Gasteiger partial charge on any atom is 0.300 e. The molecule has 0 atom stereocenters. The molecular weight excluding hydrogens is 1230 g/mol. The van der Waals surface area contributed by atoms with Crippen molar-refractivity contribution in [2.75, 3.05) is 0 Å². The molecule has 18 nitrogen and oxygen atoms in total. The number of aromatic hydroxyl groups is 4. The second kappa shape index (κ2) is 33.5. The summed E-state index contributed by atoms with van der Waals surface area (Å²) < 4.78 is 0. The molecule has 2 radical (unpaired) electrons. The normalized spacial score (nSPS) is 10.6. The van der Waals surface area contributed by atoms with Crippen molar-refractivity contribution in [2.45, 2.75) is 126 Å². The van der Waals surface area contributed by atoms with Crippen molar-refractivity contribution in [3.63, 3.8) is 0 Å². The molecule has 0 spiro atoms. The van der Waals surface area contributed by atoms with Crippen molar-refractivity contribution in [1.29, 1.82) is 0 Å². The minimum atomic E-state index is -0.833. The summed E-state index contributed by atoms with van der Waals surface area (Å²) in [5, 5.41) is 61.4. The molecule has 0 fully saturated rings. The van der Waals surface area contributed by atoms with Crippen LogP contribution in [0.15, 0.2) is 146 Å². The zero-order chi connectivity index (χ0) is 58.8. The van der Waals surface area contributed by atoms with Gasteiger partial charge >= 0.3 is 0 Å². The summed E-state index contributed by atoms with van der Waals surface area (Å²) in [7, 11) is 0. The quantitative estimate of drug-likeness (QED) is 0.0896. The van der Waals surface area contributed by atoms with Gasteiger partial charge in [-0.3, -0.25) is 9.59 Å². The van der Waals surface area contributed by atoms with Gasteiger partial charge in [-0.25, -0.2) is 19.9 Å². The fourth-order valence-electron chi connectivity index (χ4n) is 8.97. The van der Waals surface area contributed by atoms with Gasteiger partial charge in [-0.2, -0.15) is 0 Å². The number of aromatic nitrogens is 4. The van der Waals surface area contributed by atoms with Crippen LogP contribution < -0.4 is 0 Å². The molecule has 4 aromatic heterocycles. The topological polar surface area (TPSA) is 396 Å². The van der Waals surface area contributed by atoms with E-state index in [2.05, 4.69) is 83.1 Å². The number of carbonyl (C=O) groups is 2. The molecule has 6 aromatic carbocycles. The number of rotatable bonds is 4. The Labute approximate surface area is 541 Å². The van der Waals surface area contributed by atoms with Crippen LogP contribution in [0.25, 0.3) is 88.6 Å². The van der Waals surface area contributed by atoms with Gasteiger partial charge in [0.15, 0.2) is 0 Å². The van der Waals surface area contributed by atoms with E-state index < -0.39 is 11.9 Å². The zero-order valence-electron chi connectivity index (χ0n) is 51.8. The van der Waals surface area contributed by atoms with E-state index in [0.29, 0.717) is 45.0 Å². The molecule has 0 aliphatic rings. The average Bonchev–Trinajstić information content (AvgIpc) is 1.90. The second-order valence-electron chi connectivity index (χ2n) is 24.2. The van der Waals surface area contributed by atoms with Crippen molar-refractivity contribution < 1.29 is 107 Å². The standard InChI is InChI=1S/2C32H32N2O2.2C2H4O2.CH4.2Co.6H2O/c2*1-31(2,3)21-11-15-27(35)23(17-21)25-13-9-19-7-8-20-10-14-26(34-30(20)29(19)33-25)24-18-22(32(4,5)6)12-16-28(24)36;2*1-2(3)4;;;;;;;;;/h2*7-18,35-36H,1-6H3;2*1H3,(H,3,4);1H4;;;6*1H2. The molecule has 0 aliphatic carbocycles. The van der Waals surface area contributed by atoms with Crippen LogP contribution in [0.4, 0.5) is 0 Å². The molecule has 18 N–H and O–H groups in total. The largest absolute Gasteiger partial charge is 0.507 e. The van der Waals surface area contributed by atoms with Crippen LogP contribution in [-0.4, -0.2) is 95.4 Å². The smallest absolute Gasteiger partial charge is 0.300 e. The van der Waals surface area contributed by atoms with E-state index in [1.165, 1.54) is 0 Å². The van der Waals surface area contributed by atoms with Crippen LogP contribution in [0, 0.1) is 0 Å². The third-order valence-corrected chi connectivity index (χ3v) is 13.6. The fraction of sp³-hybridized carbons (Fsp3) is 0.275. The predicted molar refractivity (Wildman–Crippen MR) is 352 cm³/mol. The van der Waals surface area contributed by atoms with Crippen LogP contribution in [0.5, 0.6) is 23.0 Å². The Morgan fingerprint density at radius 3 is 0.596 bits per heavy atom. The van der Waals surface area contributed by atoms with Gasteiger partial charge < -0.3 is 63.5 Å². The van der Waals surface area contributed by atoms with Gasteiger partial charge in [-0.1, -0.05) is 163 Å². The van der Waals surface area contributed by atoms with E-state index in [-0.39, 0.29) is 118 Å². The Hall–Kier alpha value is -8.13. The summed E-state index contributed by atoms with van der Waals surface area (Å²) in [5.74, 6) is -0.861. The zero-order valence-corrected chi connectivity index (χ0v) is 53.9. The Balaban J connectivity index is -0.00000136. The van der Waals surface area contributed by atoms with Gasteiger partial charge in [0.2, 0.25) is 0 Å². The first-order valence-electron chi connectivity index (χ1n) is 26.5. The molecule has 89 heavy (non-hydrogen) atoms. The third-order valence-electron chi connectivity index (χ3n) is 13.6. The van der Waals surface area contributed by atoms with Crippen molar-refractivity contribution in [1.82, 2.24) is 19.9 Å². The van der Waals surface area contributed by atoms with E-state index in [1.807, 2.05) is 121 Å². The number of nitrogens with zero attached hydrogens (tertiary/aromatic N) is 4. The van der Waals surface area contributed by atoms with E-state index in [0.717, 1.165) is 79.7 Å². The molecule has 0 amide bonds. The predicted octanol–water partition coefficient (Wildman–Crippen LogP) is 12.1. The number of aliphatic carboxylic acids is 2. The summed E-state index contributed by atoms with van der Waals surface area (Å²) in [6, 6.07) is 46.9. The SMILES string of the molecule is C.CC(=O)O.CC(=O)O.CC(C)(C)c1ccc(O)c(-c2ccc3ccc4ccc(-c5cc(C(C)(C)C)ccc5O)nc4c3n2)c1.CC(C)(C)c1ccc(O)c(-c2ccc3ccc4ccc(-c5cc(C(C)(C)C)ccc5O)nc4c3n2)c1.O.O.O.O.O.O.[Co].[Co]. The molecular formula is C69H88Co2N4O14. The summed E-state index contributed by atoms with van der Waals surface area (Å²) in [6.45, 7) is 28.0. The number of phenolic OH excluding ortho intramolecular Hbond substituents is 4. The van der Waals surface area contributed by atoms with Crippen LogP contribution in [-0.2, 0) is 64.8 Å². The van der Waals surface area contributed by atoms with Crippen LogP contribution in [0.3, 0.4) is 0 Å². The first kappa shape index (κ1) is 85.1. The molecule has 20 heteroatoms. The molecule has 486 valence electrons. The number of hydrogen-bond acceptors (Lipinski definition) is 10. The molecule has 0 saturated heterocycles. The summed E-state index contributed by atoms with van der Waals surface area (Å²) in [6.07, 6.45) is 0. The van der Waals surface area contributed by atoms with Crippen molar-refractivity contribution in [2.24, 2.45) is 0 Å². The Morgan fingerprint density at radius 2 is 0.449 bits per heavy atom. The van der Waals surface area contributed by atoms with Gasteiger partial charge in [-0.15, -0.1) is 0 Å². The molecule has 0 unspecified atom stereocenters. The number of benzene rings is 6. The van der Waals surface area contributed by atoms with Crippen LogP contribution >= 0.6 is 0 Å². The maximum absolute atomic E-state index is 10.7. The van der Waals surface area contributed by atoms with Gasteiger partial charge in [0.05, 0.1) is 44.8 Å². The van der Waals surface area contributed by atoms with Gasteiger partial charge in [0.1, 0.15) is 23.0 Å². The van der Waals surface area contributed by atoms with E-state index in [1.54, 1.807) is 24.3 Å². The third kappa shape index (κ3) is 20.5. The Kier molecular flexibility index (Phi) is 32.0. The first-order valence-corrected chi connectivity index (χ1v) is 26.5. The van der Waals surface area contributed by atoms with E-state index in [4.69, 9.17) is 39.7 Å².